The fourth-order valence-corrected chi connectivity index (χ4v) is 2.56. The second-order valence-corrected chi connectivity index (χ2v) is 5.63. The number of piperidine rings is 1. The average Bonchev–Trinajstić information content (AvgIpc) is 2.46. The molecule has 20 heavy (non-hydrogen) atoms. The summed E-state index contributed by atoms with van der Waals surface area (Å²) in [6.45, 7) is 6.05. The summed E-state index contributed by atoms with van der Waals surface area (Å²) in [6.07, 6.45) is 2.10. The molecule has 1 aliphatic rings. The highest BCUT2D eigenvalue weighted by molar-refractivity contribution is 5.94. The zero-order valence-electron chi connectivity index (χ0n) is 12.6. The Balaban J connectivity index is 0.00000200. The number of likely N-dealkylation sites (tertiary alicyclic amines) is 1. The number of amides is 1. The van der Waals surface area contributed by atoms with Gasteiger partial charge in [0.25, 0.3) is 5.91 Å². The molecule has 4 heteroatoms. The Morgan fingerprint density at radius 3 is 2.20 bits per heavy atom. The van der Waals surface area contributed by atoms with Crippen molar-refractivity contribution in [2.75, 3.05) is 20.1 Å². The number of rotatable bonds is 3. The Labute approximate surface area is 128 Å². The normalized spacial score (nSPS) is 16.1. The lowest BCUT2D eigenvalue weighted by atomic mass is 10.0. The Hall–Kier alpha value is -1.06. The van der Waals surface area contributed by atoms with E-state index >= 15 is 0 Å². The van der Waals surface area contributed by atoms with Crippen LogP contribution in [0.5, 0.6) is 0 Å². The summed E-state index contributed by atoms with van der Waals surface area (Å²) in [5, 5.41) is 3.29. The van der Waals surface area contributed by atoms with E-state index in [1.54, 1.807) is 0 Å². The van der Waals surface area contributed by atoms with E-state index in [2.05, 4.69) is 31.3 Å². The standard InChI is InChI=1S/C16H24N2O.ClH/c1-12(2)13-4-6-14(7-5-13)16(19)18-10-8-15(17-3)9-11-18;/h4-7,12,15,17H,8-11H2,1-3H3;1H. The molecule has 1 aliphatic heterocycles. The zero-order chi connectivity index (χ0) is 13.8. The molecule has 0 aromatic heterocycles. The second-order valence-electron chi connectivity index (χ2n) is 5.63. The van der Waals surface area contributed by atoms with Gasteiger partial charge >= 0.3 is 0 Å². The van der Waals surface area contributed by atoms with Crippen molar-refractivity contribution in [1.29, 1.82) is 0 Å². The Morgan fingerprint density at radius 1 is 1.20 bits per heavy atom. The van der Waals surface area contributed by atoms with Crippen molar-refractivity contribution < 1.29 is 4.79 Å². The molecule has 1 saturated heterocycles. The summed E-state index contributed by atoms with van der Waals surface area (Å²) in [5.74, 6) is 0.681. The van der Waals surface area contributed by atoms with Crippen LogP contribution in [0.1, 0.15) is 48.5 Å². The van der Waals surface area contributed by atoms with Crippen molar-refractivity contribution in [2.24, 2.45) is 0 Å². The summed E-state index contributed by atoms with van der Waals surface area (Å²) >= 11 is 0. The quantitative estimate of drug-likeness (QED) is 0.930. The minimum absolute atomic E-state index is 0. The van der Waals surface area contributed by atoms with Gasteiger partial charge in [-0.25, -0.2) is 0 Å². The summed E-state index contributed by atoms with van der Waals surface area (Å²) in [7, 11) is 1.99. The molecule has 112 valence electrons. The number of nitrogens with zero attached hydrogens (tertiary/aromatic N) is 1. The first-order chi connectivity index (χ1) is 9.11. The topological polar surface area (TPSA) is 32.3 Å². The number of hydrogen-bond donors (Lipinski definition) is 1. The zero-order valence-corrected chi connectivity index (χ0v) is 13.4. The smallest absolute Gasteiger partial charge is 0.253 e. The molecule has 1 amide bonds. The number of carbonyl (C=O) groups is 1. The van der Waals surface area contributed by atoms with Gasteiger partial charge in [-0.15, -0.1) is 12.4 Å². The molecule has 1 heterocycles. The Kier molecular flexibility index (Phi) is 6.50. The van der Waals surface area contributed by atoms with E-state index in [0.717, 1.165) is 31.5 Å². The van der Waals surface area contributed by atoms with Gasteiger partial charge in [0.05, 0.1) is 0 Å². The minimum Gasteiger partial charge on any atom is -0.339 e. The van der Waals surface area contributed by atoms with Gasteiger partial charge in [-0.3, -0.25) is 4.79 Å². The first-order valence-electron chi connectivity index (χ1n) is 7.18. The molecule has 0 spiro atoms. The molecule has 0 aliphatic carbocycles. The summed E-state index contributed by atoms with van der Waals surface area (Å²) in [5.41, 5.74) is 2.10. The second kappa shape index (κ2) is 7.65. The maximum Gasteiger partial charge on any atom is 0.253 e. The predicted octanol–water partition coefficient (Wildman–Crippen LogP) is 3.06. The Morgan fingerprint density at radius 2 is 1.75 bits per heavy atom. The largest absolute Gasteiger partial charge is 0.339 e. The highest BCUT2D eigenvalue weighted by Crippen LogP contribution is 2.17. The van der Waals surface area contributed by atoms with Gasteiger partial charge in [0.15, 0.2) is 0 Å². The van der Waals surface area contributed by atoms with Gasteiger partial charge < -0.3 is 10.2 Å². The van der Waals surface area contributed by atoms with E-state index < -0.39 is 0 Å². The lowest BCUT2D eigenvalue weighted by Crippen LogP contribution is -2.43. The molecule has 1 fully saturated rings. The highest BCUT2D eigenvalue weighted by Gasteiger charge is 2.22. The maximum absolute atomic E-state index is 12.4. The summed E-state index contributed by atoms with van der Waals surface area (Å²) < 4.78 is 0. The highest BCUT2D eigenvalue weighted by atomic mass is 35.5. The van der Waals surface area contributed by atoms with E-state index in [-0.39, 0.29) is 18.3 Å². The van der Waals surface area contributed by atoms with Gasteiger partial charge in [-0.05, 0) is 43.5 Å². The van der Waals surface area contributed by atoms with Gasteiger partial charge in [0.2, 0.25) is 0 Å². The number of hydrogen-bond acceptors (Lipinski definition) is 2. The maximum atomic E-state index is 12.4. The third-order valence-corrected chi connectivity index (χ3v) is 4.01. The van der Waals surface area contributed by atoms with Crippen LogP contribution in [0.3, 0.4) is 0 Å². The fourth-order valence-electron chi connectivity index (χ4n) is 2.56. The molecule has 1 aromatic carbocycles. The molecule has 0 atom stereocenters. The average molecular weight is 297 g/mol. The third kappa shape index (κ3) is 3.97. The monoisotopic (exact) mass is 296 g/mol. The lowest BCUT2D eigenvalue weighted by Gasteiger charge is -2.31. The first kappa shape index (κ1) is 17.0. The summed E-state index contributed by atoms with van der Waals surface area (Å²) in [4.78, 5) is 14.4. The van der Waals surface area contributed by atoms with Crippen molar-refractivity contribution in [3.8, 4) is 0 Å². The molecule has 2 rings (SSSR count). The molecule has 0 unspecified atom stereocenters. The van der Waals surface area contributed by atoms with Crippen LogP contribution in [0, 0.1) is 0 Å². The minimum atomic E-state index is 0. The molecule has 0 radical (unpaired) electrons. The van der Waals surface area contributed by atoms with Crippen LogP contribution in [0.25, 0.3) is 0 Å². The van der Waals surface area contributed by atoms with Crippen LogP contribution in [-0.2, 0) is 0 Å². The van der Waals surface area contributed by atoms with Crippen LogP contribution in [-0.4, -0.2) is 37.0 Å². The van der Waals surface area contributed by atoms with Crippen molar-refractivity contribution in [3.63, 3.8) is 0 Å². The van der Waals surface area contributed by atoms with Crippen molar-refractivity contribution in [1.82, 2.24) is 10.2 Å². The molecule has 0 bridgehead atoms. The van der Waals surface area contributed by atoms with Gasteiger partial charge in [0, 0.05) is 24.7 Å². The molecule has 1 N–H and O–H groups in total. The number of nitrogens with one attached hydrogen (secondary N) is 1. The molecule has 1 aromatic rings. The lowest BCUT2D eigenvalue weighted by molar-refractivity contribution is 0.0707. The van der Waals surface area contributed by atoms with Crippen LogP contribution >= 0.6 is 12.4 Å². The fraction of sp³-hybridized carbons (Fsp3) is 0.562. The van der Waals surface area contributed by atoms with E-state index in [1.165, 1.54) is 5.56 Å². The molecule has 0 saturated carbocycles. The van der Waals surface area contributed by atoms with E-state index in [9.17, 15) is 4.79 Å². The molecular weight excluding hydrogens is 272 g/mol. The first-order valence-corrected chi connectivity index (χ1v) is 7.18. The SMILES string of the molecule is CNC1CCN(C(=O)c2ccc(C(C)C)cc2)CC1.Cl. The number of carbonyl (C=O) groups excluding carboxylic acids is 1. The number of benzene rings is 1. The van der Waals surface area contributed by atoms with E-state index in [1.807, 2.05) is 24.1 Å². The van der Waals surface area contributed by atoms with Gasteiger partial charge in [-0.1, -0.05) is 26.0 Å². The Bertz CT molecular complexity index is 423. The molecular formula is C16H25ClN2O. The van der Waals surface area contributed by atoms with Crippen molar-refractivity contribution in [3.05, 3.63) is 35.4 Å². The predicted molar refractivity (Wildman–Crippen MR) is 85.8 cm³/mol. The van der Waals surface area contributed by atoms with E-state index in [0.29, 0.717) is 12.0 Å². The van der Waals surface area contributed by atoms with Crippen LogP contribution in [0.15, 0.2) is 24.3 Å². The van der Waals surface area contributed by atoms with Gasteiger partial charge in [-0.2, -0.15) is 0 Å². The summed E-state index contributed by atoms with van der Waals surface area (Å²) in [6, 6.07) is 8.62. The van der Waals surface area contributed by atoms with Crippen molar-refractivity contribution >= 4 is 18.3 Å². The van der Waals surface area contributed by atoms with Crippen LogP contribution in [0.2, 0.25) is 0 Å². The molecule has 3 nitrogen and oxygen atoms in total. The van der Waals surface area contributed by atoms with E-state index in [4.69, 9.17) is 0 Å². The number of halogens is 1. The van der Waals surface area contributed by atoms with Crippen LogP contribution in [0.4, 0.5) is 0 Å². The van der Waals surface area contributed by atoms with Crippen LogP contribution < -0.4 is 5.32 Å². The van der Waals surface area contributed by atoms with Gasteiger partial charge in [0.1, 0.15) is 0 Å². The van der Waals surface area contributed by atoms with Crippen molar-refractivity contribution in [2.45, 2.75) is 38.6 Å². The third-order valence-electron chi connectivity index (χ3n) is 4.01.